The Morgan fingerprint density at radius 2 is 0.933 bits per heavy atom. The standard InChI is InChI=1S/C27H27F6N2.C24H20B/c1-24(2)18-14-16(26(28,29)30)10-12-20(18)34(5)22(24)8-7-9-23-25(3,4)19-15-17(27(31,32)33)11-13-21(19)35(23)6;1-5-13-21(14-6-1)25(22-15-7-2-8-16-22,23-17-9-3-10-18-23)24-19-11-4-12-20-24/h7-15H,1-6H3;1-20H/q+1;-1. The van der Waals surface area contributed by atoms with Crippen LogP contribution in [0.3, 0.4) is 0 Å². The van der Waals surface area contributed by atoms with Crippen LogP contribution in [0, 0.1) is 0 Å². The molecular formula is C51H47BF6N2. The Morgan fingerprint density at radius 1 is 0.533 bits per heavy atom. The molecule has 0 unspecified atom stereocenters. The normalized spacial score (nSPS) is 16.5. The van der Waals surface area contributed by atoms with Crippen molar-refractivity contribution in [1.82, 2.24) is 0 Å². The maximum atomic E-state index is 13.3. The highest BCUT2D eigenvalue weighted by molar-refractivity contribution is 7.19. The lowest BCUT2D eigenvalue weighted by atomic mass is 9.13. The Hall–Kier alpha value is -6.09. The van der Waals surface area contributed by atoms with Gasteiger partial charge in [0.1, 0.15) is 13.2 Å². The Morgan fingerprint density at radius 3 is 1.35 bits per heavy atom. The lowest BCUT2D eigenvalue weighted by Gasteiger charge is -2.44. The van der Waals surface area contributed by atoms with Crippen LogP contribution < -0.4 is 26.8 Å². The number of allylic oxidation sites excluding steroid dienone is 4. The third kappa shape index (κ3) is 7.50. The Balaban J connectivity index is 0.000000191. The average molecular weight is 813 g/mol. The van der Waals surface area contributed by atoms with E-state index >= 15 is 0 Å². The maximum absolute atomic E-state index is 13.3. The number of rotatable bonds is 6. The van der Waals surface area contributed by atoms with Crippen molar-refractivity contribution >= 4 is 45.1 Å². The van der Waals surface area contributed by atoms with Crippen molar-refractivity contribution in [1.29, 1.82) is 0 Å². The molecule has 0 saturated carbocycles. The third-order valence-electron chi connectivity index (χ3n) is 12.4. The fourth-order valence-electron chi connectivity index (χ4n) is 9.38. The highest BCUT2D eigenvalue weighted by Crippen LogP contribution is 2.49. The molecular weight excluding hydrogens is 765 g/mol. The molecule has 0 fully saturated rings. The molecule has 0 aliphatic carbocycles. The number of hydrogen-bond acceptors (Lipinski definition) is 1. The van der Waals surface area contributed by atoms with Gasteiger partial charge in [0.05, 0.1) is 16.5 Å². The first kappa shape index (κ1) is 42.1. The van der Waals surface area contributed by atoms with E-state index in [4.69, 9.17) is 0 Å². The van der Waals surface area contributed by atoms with Crippen molar-refractivity contribution in [2.75, 3.05) is 19.0 Å². The quantitative estimate of drug-likeness (QED) is 0.0923. The van der Waals surface area contributed by atoms with Gasteiger partial charge in [-0.25, -0.2) is 0 Å². The molecule has 0 amide bonds. The van der Waals surface area contributed by atoms with Gasteiger partial charge in [-0.05, 0) is 55.8 Å². The molecule has 2 heterocycles. The molecule has 0 aromatic heterocycles. The summed E-state index contributed by atoms with van der Waals surface area (Å²) >= 11 is 0. The minimum atomic E-state index is -4.42. The van der Waals surface area contributed by atoms with Crippen LogP contribution in [-0.2, 0) is 23.2 Å². The summed E-state index contributed by atoms with van der Waals surface area (Å²) in [6.45, 7) is 7.51. The molecule has 306 valence electrons. The molecule has 2 aliphatic rings. The molecule has 6 aromatic carbocycles. The van der Waals surface area contributed by atoms with Crippen LogP contribution in [0.5, 0.6) is 0 Å². The summed E-state index contributed by atoms with van der Waals surface area (Å²) in [4.78, 5) is 1.87. The van der Waals surface area contributed by atoms with Crippen LogP contribution in [0.1, 0.15) is 49.9 Å². The molecule has 0 saturated heterocycles. The highest BCUT2D eigenvalue weighted by atomic mass is 19.4. The number of nitrogens with zero attached hydrogens (tertiary/aromatic N) is 2. The van der Waals surface area contributed by atoms with E-state index in [1.165, 1.54) is 46.1 Å². The van der Waals surface area contributed by atoms with E-state index in [0.717, 1.165) is 23.5 Å². The zero-order valence-electron chi connectivity index (χ0n) is 34.5. The predicted octanol–water partition coefficient (Wildman–Crippen LogP) is 10.7. The van der Waals surface area contributed by atoms with Gasteiger partial charge in [0.2, 0.25) is 5.69 Å². The fraction of sp³-hybridized carbons (Fsp3) is 0.196. The van der Waals surface area contributed by atoms with Crippen LogP contribution in [0.25, 0.3) is 0 Å². The summed E-state index contributed by atoms with van der Waals surface area (Å²) < 4.78 is 81.6. The smallest absolute Gasteiger partial charge is 0.347 e. The maximum Gasteiger partial charge on any atom is 0.416 e. The molecule has 60 heavy (non-hydrogen) atoms. The predicted molar refractivity (Wildman–Crippen MR) is 235 cm³/mol. The summed E-state index contributed by atoms with van der Waals surface area (Å²) in [6, 6.07) is 51.1. The number of likely N-dealkylation sites (N-methyl/N-ethyl adjacent to an activating group) is 1. The summed E-state index contributed by atoms with van der Waals surface area (Å²) in [5, 5.41) is 0. The van der Waals surface area contributed by atoms with Crippen LogP contribution in [0.15, 0.2) is 182 Å². The first-order valence-corrected chi connectivity index (χ1v) is 19.9. The summed E-state index contributed by atoms with van der Waals surface area (Å²) in [7, 11) is 3.63. The van der Waals surface area contributed by atoms with Gasteiger partial charge in [-0.1, -0.05) is 141 Å². The Bertz CT molecular complexity index is 2410. The van der Waals surface area contributed by atoms with Gasteiger partial charge in [0.25, 0.3) is 0 Å². The minimum absolute atomic E-state index is 0.590. The SMILES string of the molecule is CN1/C(=C/C=C/C2=[N+](C)c3ccc(C(F)(F)F)cc3C2(C)C)C(C)(C)c2cc(C(F)(F)F)ccc21.c1ccc([B-](c2ccccc2)(c2ccccc2)c2ccccc2)cc1. The largest absolute Gasteiger partial charge is 0.416 e. The molecule has 0 radical (unpaired) electrons. The van der Waals surface area contributed by atoms with Crippen LogP contribution in [0.4, 0.5) is 37.7 Å². The number of alkyl halides is 6. The topological polar surface area (TPSA) is 6.25 Å². The van der Waals surface area contributed by atoms with Crippen molar-refractivity contribution in [3.63, 3.8) is 0 Å². The first-order valence-electron chi connectivity index (χ1n) is 19.9. The molecule has 6 aromatic rings. The van der Waals surface area contributed by atoms with Gasteiger partial charge in [0.15, 0.2) is 5.71 Å². The Labute approximate surface area is 348 Å². The van der Waals surface area contributed by atoms with Crippen LogP contribution in [0.2, 0.25) is 0 Å². The zero-order valence-corrected chi connectivity index (χ0v) is 34.5. The van der Waals surface area contributed by atoms with Gasteiger partial charge in [-0.3, -0.25) is 0 Å². The number of halogens is 6. The lowest BCUT2D eigenvalue weighted by molar-refractivity contribution is -0.401. The number of benzene rings is 6. The van der Waals surface area contributed by atoms with E-state index in [1.54, 1.807) is 0 Å². The molecule has 2 aliphatic heterocycles. The lowest BCUT2D eigenvalue weighted by Crippen LogP contribution is -2.74. The highest BCUT2D eigenvalue weighted by Gasteiger charge is 2.45. The summed E-state index contributed by atoms with van der Waals surface area (Å²) in [6.07, 6.45) is -4.54. The first-order chi connectivity index (χ1) is 28.4. The van der Waals surface area contributed by atoms with Gasteiger partial charge in [-0.15, -0.1) is 0 Å². The van der Waals surface area contributed by atoms with Crippen LogP contribution in [-0.4, -0.2) is 30.5 Å². The van der Waals surface area contributed by atoms with E-state index in [2.05, 4.69) is 121 Å². The summed E-state index contributed by atoms with van der Waals surface area (Å²) in [5.41, 5.74) is 6.89. The molecule has 2 nitrogen and oxygen atoms in total. The van der Waals surface area contributed by atoms with E-state index in [1.807, 2.05) is 69.5 Å². The van der Waals surface area contributed by atoms with E-state index in [9.17, 15) is 26.3 Å². The molecule has 0 N–H and O–H groups in total. The van der Waals surface area contributed by atoms with Crippen molar-refractivity contribution < 1.29 is 30.9 Å². The second kappa shape index (κ2) is 15.8. The van der Waals surface area contributed by atoms with Crippen molar-refractivity contribution in [2.45, 2.75) is 50.9 Å². The molecule has 0 bridgehead atoms. The van der Waals surface area contributed by atoms with Gasteiger partial charge in [0, 0.05) is 41.6 Å². The Kier molecular flexibility index (Phi) is 11.1. The van der Waals surface area contributed by atoms with Gasteiger partial charge < -0.3 is 4.90 Å². The minimum Gasteiger partial charge on any atom is -0.347 e. The number of hydrogen-bond donors (Lipinski definition) is 0. The molecule has 9 heteroatoms. The van der Waals surface area contributed by atoms with E-state index in [-0.39, 0.29) is 0 Å². The van der Waals surface area contributed by atoms with Gasteiger partial charge >= 0.3 is 12.4 Å². The second-order valence-corrected chi connectivity index (χ2v) is 16.6. The van der Waals surface area contributed by atoms with Gasteiger partial charge in [-0.2, -0.15) is 52.8 Å². The van der Waals surface area contributed by atoms with E-state index < -0.39 is 40.5 Å². The van der Waals surface area contributed by atoms with E-state index in [0.29, 0.717) is 22.5 Å². The van der Waals surface area contributed by atoms with Crippen LogP contribution >= 0.6 is 0 Å². The fourth-order valence-corrected chi connectivity index (χ4v) is 9.38. The zero-order chi connectivity index (χ0) is 43.1. The molecule has 0 atom stereocenters. The van der Waals surface area contributed by atoms with Crippen molar-refractivity contribution in [3.8, 4) is 0 Å². The molecule has 0 spiro atoms. The third-order valence-corrected chi connectivity index (χ3v) is 12.4. The number of fused-ring (bicyclic) bond motifs is 2. The monoisotopic (exact) mass is 812 g/mol. The number of anilines is 1. The average Bonchev–Trinajstić information content (AvgIpc) is 3.55. The molecule has 8 rings (SSSR count). The summed E-state index contributed by atoms with van der Waals surface area (Å²) in [5.74, 6) is 0. The van der Waals surface area contributed by atoms with Crippen molar-refractivity contribution in [2.24, 2.45) is 0 Å². The second-order valence-electron chi connectivity index (χ2n) is 16.6. The van der Waals surface area contributed by atoms with Crippen molar-refractivity contribution in [3.05, 3.63) is 204 Å².